The molecule has 2 aromatic carbocycles. The summed E-state index contributed by atoms with van der Waals surface area (Å²) in [5.41, 5.74) is 1.90. The predicted octanol–water partition coefficient (Wildman–Crippen LogP) is 3.11. The minimum absolute atomic E-state index is 0. The van der Waals surface area contributed by atoms with Crippen LogP contribution in [0.25, 0.3) is 10.9 Å². The second-order valence-corrected chi connectivity index (χ2v) is 8.42. The molecule has 6 nitrogen and oxygen atoms in total. The summed E-state index contributed by atoms with van der Waals surface area (Å²) < 4.78 is 38.0. The summed E-state index contributed by atoms with van der Waals surface area (Å²) in [4.78, 5) is 7.55. The molecule has 0 saturated heterocycles. The van der Waals surface area contributed by atoms with Crippen LogP contribution in [0.15, 0.2) is 64.6 Å². The highest BCUT2D eigenvalue weighted by molar-refractivity contribution is 14.0. The SMILES string of the molecule is CN=C(NCCc1c[nH]c2ccc(F)cc12)NCCS(=O)(=O)c1ccccc1.I. The van der Waals surface area contributed by atoms with Gasteiger partial charge in [0.2, 0.25) is 0 Å². The van der Waals surface area contributed by atoms with Gasteiger partial charge in [0, 0.05) is 37.2 Å². The number of sulfone groups is 1. The van der Waals surface area contributed by atoms with Crippen LogP contribution in [-0.2, 0) is 16.3 Å². The standard InChI is InChI=1S/C20H23FN4O2S.HI/c1-22-20(24-11-12-28(26,27)17-5-3-2-4-6-17)23-10-9-15-14-25-19-8-7-16(21)13-18(15)19;/h2-8,13-14,25H,9-12H2,1H3,(H2,22,23,24);1H. The molecule has 3 rings (SSSR count). The van der Waals surface area contributed by atoms with Crippen LogP contribution in [0, 0.1) is 5.82 Å². The average molecular weight is 530 g/mol. The third-order valence-electron chi connectivity index (χ3n) is 4.41. The van der Waals surface area contributed by atoms with Crippen molar-refractivity contribution in [3.05, 3.63) is 66.1 Å². The first-order valence-electron chi connectivity index (χ1n) is 8.97. The van der Waals surface area contributed by atoms with E-state index in [1.54, 1.807) is 43.4 Å². The molecule has 0 aliphatic rings. The molecule has 3 N–H and O–H groups in total. The highest BCUT2D eigenvalue weighted by atomic mass is 127. The van der Waals surface area contributed by atoms with E-state index in [1.807, 2.05) is 6.20 Å². The highest BCUT2D eigenvalue weighted by Crippen LogP contribution is 2.19. The van der Waals surface area contributed by atoms with Crippen LogP contribution in [0.2, 0.25) is 0 Å². The number of guanidine groups is 1. The summed E-state index contributed by atoms with van der Waals surface area (Å²) in [5.74, 6) is 0.229. The summed E-state index contributed by atoms with van der Waals surface area (Å²) in [6.07, 6.45) is 2.54. The molecule has 0 saturated carbocycles. The van der Waals surface area contributed by atoms with Gasteiger partial charge >= 0.3 is 0 Å². The number of benzene rings is 2. The Bertz CT molecular complexity index is 1070. The average Bonchev–Trinajstić information content (AvgIpc) is 3.09. The van der Waals surface area contributed by atoms with Gasteiger partial charge in [-0.2, -0.15) is 0 Å². The Balaban J connectivity index is 0.00000300. The van der Waals surface area contributed by atoms with Crippen molar-refractivity contribution in [3.63, 3.8) is 0 Å². The first kappa shape index (κ1) is 23.1. The minimum atomic E-state index is -3.33. The van der Waals surface area contributed by atoms with E-state index in [-0.39, 0.29) is 42.1 Å². The van der Waals surface area contributed by atoms with Crippen molar-refractivity contribution in [1.82, 2.24) is 15.6 Å². The predicted molar refractivity (Wildman–Crippen MR) is 125 cm³/mol. The normalized spacial score (nSPS) is 11.9. The zero-order valence-electron chi connectivity index (χ0n) is 16.0. The molecule has 0 unspecified atom stereocenters. The number of hydrogen-bond acceptors (Lipinski definition) is 3. The van der Waals surface area contributed by atoms with E-state index in [0.29, 0.717) is 23.8 Å². The third-order valence-corrected chi connectivity index (χ3v) is 6.14. The lowest BCUT2D eigenvalue weighted by Crippen LogP contribution is -2.40. The molecular formula is C20H24FIN4O2S. The van der Waals surface area contributed by atoms with Crippen molar-refractivity contribution in [2.45, 2.75) is 11.3 Å². The van der Waals surface area contributed by atoms with Crippen LogP contribution in [0.5, 0.6) is 0 Å². The fraction of sp³-hybridized carbons (Fsp3) is 0.250. The van der Waals surface area contributed by atoms with E-state index in [4.69, 9.17) is 0 Å². The number of aromatic amines is 1. The second kappa shape index (κ2) is 10.6. The lowest BCUT2D eigenvalue weighted by Gasteiger charge is -2.12. The van der Waals surface area contributed by atoms with Crippen LogP contribution in [0.4, 0.5) is 4.39 Å². The lowest BCUT2D eigenvalue weighted by atomic mass is 10.1. The molecule has 0 aliphatic carbocycles. The number of nitrogens with one attached hydrogen (secondary N) is 3. The second-order valence-electron chi connectivity index (χ2n) is 6.31. The Morgan fingerprint density at radius 1 is 1.10 bits per heavy atom. The Hall–Kier alpha value is -2.14. The fourth-order valence-corrected chi connectivity index (χ4v) is 4.12. The quantitative estimate of drug-likeness (QED) is 0.249. The van der Waals surface area contributed by atoms with Crippen molar-refractivity contribution in [2.24, 2.45) is 4.99 Å². The van der Waals surface area contributed by atoms with Crippen LogP contribution in [0.3, 0.4) is 0 Å². The number of halogens is 2. The van der Waals surface area contributed by atoms with Gasteiger partial charge < -0.3 is 15.6 Å². The maximum Gasteiger partial charge on any atom is 0.191 e. The molecule has 0 fully saturated rings. The van der Waals surface area contributed by atoms with Gasteiger partial charge in [0.15, 0.2) is 15.8 Å². The summed E-state index contributed by atoms with van der Waals surface area (Å²) in [5, 5.41) is 7.02. The monoisotopic (exact) mass is 530 g/mol. The summed E-state index contributed by atoms with van der Waals surface area (Å²) in [6, 6.07) is 13.0. The van der Waals surface area contributed by atoms with Gasteiger partial charge in [0.1, 0.15) is 5.82 Å². The Morgan fingerprint density at radius 2 is 1.83 bits per heavy atom. The van der Waals surface area contributed by atoms with Crippen LogP contribution in [0.1, 0.15) is 5.56 Å². The van der Waals surface area contributed by atoms with Crippen molar-refractivity contribution in [1.29, 1.82) is 0 Å². The maximum atomic E-state index is 13.4. The Kier molecular flexibility index (Phi) is 8.45. The number of aliphatic imine (C=N–C) groups is 1. The fourth-order valence-electron chi connectivity index (χ4n) is 2.94. The van der Waals surface area contributed by atoms with Gasteiger partial charge in [-0.15, -0.1) is 24.0 Å². The van der Waals surface area contributed by atoms with Gasteiger partial charge in [-0.3, -0.25) is 4.99 Å². The van der Waals surface area contributed by atoms with Crippen molar-refractivity contribution in [2.75, 3.05) is 25.9 Å². The molecule has 0 bridgehead atoms. The molecule has 0 spiro atoms. The number of aromatic nitrogens is 1. The minimum Gasteiger partial charge on any atom is -0.361 e. The zero-order valence-corrected chi connectivity index (χ0v) is 19.1. The van der Waals surface area contributed by atoms with Crippen LogP contribution in [-0.4, -0.2) is 45.3 Å². The molecule has 1 aromatic heterocycles. The molecule has 0 aliphatic heterocycles. The molecule has 0 radical (unpaired) electrons. The Labute approximate surface area is 186 Å². The number of fused-ring (bicyclic) bond motifs is 1. The van der Waals surface area contributed by atoms with Gasteiger partial charge in [-0.1, -0.05) is 18.2 Å². The smallest absolute Gasteiger partial charge is 0.191 e. The van der Waals surface area contributed by atoms with Gasteiger partial charge in [-0.25, -0.2) is 12.8 Å². The maximum absolute atomic E-state index is 13.4. The van der Waals surface area contributed by atoms with E-state index in [0.717, 1.165) is 16.5 Å². The largest absolute Gasteiger partial charge is 0.361 e. The molecule has 1 heterocycles. The van der Waals surface area contributed by atoms with Gasteiger partial charge in [0.05, 0.1) is 10.6 Å². The van der Waals surface area contributed by atoms with E-state index in [9.17, 15) is 12.8 Å². The summed E-state index contributed by atoms with van der Waals surface area (Å²) in [7, 11) is -1.71. The zero-order chi connectivity index (χ0) is 20.0. The lowest BCUT2D eigenvalue weighted by molar-refractivity contribution is 0.594. The highest BCUT2D eigenvalue weighted by Gasteiger charge is 2.13. The van der Waals surface area contributed by atoms with E-state index in [2.05, 4.69) is 20.6 Å². The number of nitrogens with zero attached hydrogens (tertiary/aromatic N) is 1. The van der Waals surface area contributed by atoms with E-state index in [1.165, 1.54) is 12.1 Å². The van der Waals surface area contributed by atoms with Gasteiger partial charge in [-0.05, 0) is 42.3 Å². The molecule has 0 atom stereocenters. The first-order chi connectivity index (χ1) is 13.5. The van der Waals surface area contributed by atoms with Crippen molar-refractivity contribution in [3.8, 4) is 0 Å². The van der Waals surface area contributed by atoms with Crippen molar-refractivity contribution < 1.29 is 12.8 Å². The number of hydrogen-bond donors (Lipinski definition) is 3. The molecular weight excluding hydrogens is 506 g/mol. The number of H-pyrrole nitrogens is 1. The Morgan fingerprint density at radius 3 is 2.55 bits per heavy atom. The molecule has 9 heteroatoms. The van der Waals surface area contributed by atoms with Crippen LogP contribution < -0.4 is 10.6 Å². The van der Waals surface area contributed by atoms with Crippen LogP contribution >= 0.6 is 24.0 Å². The third kappa shape index (κ3) is 6.17. The number of rotatable bonds is 7. The first-order valence-corrected chi connectivity index (χ1v) is 10.6. The topological polar surface area (TPSA) is 86.3 Å². The van der Waals surface area contributed by atoms with Crippen molar-refractivity contribution >= 4 is 50.7 Å². The summed E-state index contributed by atoms with van der Waals surface area (Å²) >= 11 is 0. The van der Waals surface area contributed by atoms with E-state index >= 15 is 0 Å². The molecule has 0 amide bonds. The van der Waals surface area contributed by atoms with E-state index < -0.39 is 9.84 Å². The molecule has 3 aromatic rings. The van der Waals surface area contributed by atoms with Gasteiger partial charge in [0.25, 0.3) is 0 Å². The molecule has 29 heavy (non-hydrogen) atoms. The summed E-state index contributed by atoms with van der Waals surface area (Å²) in [6.45, 7) is 0.823. The molecule has 156 valence electrons.